The van der Waals surface area contributed by atoms with Crippen LogP contribution in [0.2, 0.25) is 0 Å². The van der Waals surface area contributed by atoms with Gasteiger partial charge < -0.3 is 14.2 Å². The van der Waals surface area contributed by atoms with Crippen molar-refractivity contribution in [2.45, 2.75) is 316 Å². The van der Waals surface area contributed by atoms with Crippen molar-refractivity contribution >= 4 is 17.9 Å². The SMILES string of the molecule is CCCC/C=C\CCCCCCCC(=O)OCC(COC(=O)CCCCCCCCCCC/C=C\C/C=C\CCCCCCC)OC(=O)CCCCCCCCC/C=C\CCCCCCCCC. The summed E-state index contributed by atoms with van der Waals surface area (Å²) in [6, 6.07) is 0. The summed E-state index contributed by atoms with van der Waals surface area (Å²) >= 11 is 0. The molecule has 0 spiro atoms. The predicted octanol–water partition coefficient (Wildman–Crippen LogP) is 19.8. The number of unbranched alkanes of at least 4 members (excludes halogenated alkanes) is 35. The van der Waals surface area contributed by atoms with Gasteiger partial charge in [0.25, 0.3) is 0 Å². The zero-order valence-corrected chi connectivity index (χ0v) is 45.4. The Bertz CT molecular complexity index is 1190. The Morgan fingerprint density at radius 1 is 0.294 bits per heavy atom. The van der Waals surface area contributed by atoms with Gasteiger partial charge in [-0.25, -0.2) is 0 Å². The second kappa shape index (κ2) is 57.0. The van der Waals surface area contributed by atoms with Crippen LogP contribution in [-0.4, -0.2) is 37.2 Å². The second-order valence-electron chi connectivity index (χ2n) is 19.9. The van der Waals surface area contributed by atoms with Gasteiger partial charge in [-0.05, 0) is 96.3 Å². The van der Waals surface area contributed by atoms with Crippen molar-refractivity contribution in [2.24, 2.45) is 0 Å². The Morgan fingerprint density at radius 2 is 0.544 bits per heavy atom. The van der Waals surface area contributed by atoms with Gasteiger partial charge in [0.15, 0.2) is 6.10 Å². The van der Waals surface area contributed by atoms with Crippen molar-refractivity contribution in [3.05, 3.63) is 48.6 Å². The number of allylic oxidation sites excluding steroid dienone is 8. The van der Waals surface area contributed by atoms with E-state index in [0.29, 0.717) is 19.3 Å². The summed E-state index contributed by atoms with van der Waals surface area (Å²) in [5, 5.41) is 0. The number of hydrogen-bond donors (Lipinski definition) is 0. The molecule has 0 fully saturated rings. The van der Waals surface area contributed by atoms with Gasteiger partial charge in [0.2, 0.25) is 0 Å². The fraction of sp³-hybridized carbons (Fsp3) is 0.823. The van der Waals surface area contributed by atoms with Crippen molar-refractivity contribution in [3.63, 3.8) is 0 Å². The van der Waals surface area contributed by atoms with Crippen LogP contribution in [0.4, 0.5) is 0 Å². The number of carbonyl (C=O) groups excluding carboxylic acids is 3. The van der Waals surface area contributed by atoms with Crippen LogP contribution in [-0.2, 0) is 28.6 Å². The molecule has 0 rings (SSSR count). The van der Waals surface area contributed by atoms with E-state index in [4.69, 9.17) is 14.2 Å². The lowest BCUT2D eigenvalue weighted by atomic mass is 10.1. The first-order valence-corrected chi connectivity index (χ1v) is 29.6. The van der Waals surface area contributed by atoms with E-state index >= 15 is 0 Å². The van der Waals surface area contributed by atoms with Crippen molar-refractivity contribution in [3.8, 4) is 0 Å². The zero-order chi connectivity index (χ0) is 49.3. The molecule has 0 aliphatic carbocycles. The molecule has 1 atom stereocenters. The Kier molecular flexibility index (Phi) is 54.8. The lowest BCUT2D eigenvalue weighted by Gasteiger charge is -2.18. The normalized spacial score (nSPS) is 12.3. The van der Waals surface area contributed by atoms with Gasteiger partial charge in [-0.3, -0.25) is 14.4 Å². The highest BCUT2D eigenvalue weighted by Gasteiger charge is 2.19. The first-order chi connectivity index (χ1) is 33.5. The van der Waals surface area contributed by atoms with Crippen LogP contribution in [0.15, 0.2) is 48.6 Å². The molecule has 0 aromatic carbocycles. The Hall–Kier alpha value is -2.63. The number of rotatable bonds is 54. The first-order valence-electron chi connectivity index (χ1n) is 29.6. The molecule has 0 aliphatic rings. The fourth-order valence-electron chi connectivity index (χ4n) is 8.51. The molecule has 6 nitrogen and oxygen atoms in total. The third-order valence-corrected chi connectivity index (χ3v) is 13.0. The molecule has 68 heavy (non-hydrogen) atoms. The van der Waals surface area contributed by atoms with Crippen molar-refractivity contribution in [1.82, 2.24) is 0 Å². The first kappa shape index (κ1) is 65.4. The average Bonchev–Trinajstić information content (AvgIpc) is 3.34. The Balaban J connectivity index is 4.31. The van der Waals surface area contributed by atoms with E-state index in [1.165, 1.54) is 199 Å². The maximum atomic E-state index is 12.9. The predicted molar refractivity (Wildman–Crippen MR) is 293 cm³/mol. The Morgan fingerprint density at radius 3 is 0.868 bits per heavy atom. The van der Waals surface area contributed by atoms with E-state index in [0.717, 1.165) is 70.6 Å². The van der Waals surface area contributed by atoms with E-state index in [9.17, 15) is 14.4 Å². The summed E-state index contributed by atoms with van der Waals surface area (Å²) in [5.41, 5.74) is 0. The van der Waals surface area contributed by atoms with Gasteiger partial charge in [-0.15, -0.1) is 0 Å². The molecule has 0 aromatic heterocycles. The topological polar surface area (TPSA) is 78.9 Å². The largest absolute Gasteiger partial charge is 0.462 e. The van der Waals surface area contributed by atoms with Gasteiger partial charge in [-0.2, -0.15) is 0 Å². The molecule has 0 aromatic rings. The van der Waals surface area contributed by atoms with E-state index in [-0.39, 0.29) is 31.1 Å². The smallest absolute Gasteiger partial charge is 0.306 e. The van der Waals surface area contributed by atoms with E-state index in [2.05, 4.69) is 69.4 Å². The molecule has 0 saturated carbocycles. The number of hydrogen-bond acceptors (Lipinski definition) is 6. The highest BCUT2D eigenvalue weighted by Crippen LogP contribution is 2.16. The van der Waals surface area contributed by atoms with Gasteiger partial charge in [-0.1, -0.05) is 243 Å². The van der Waals surface area contributed by atoms with Crippen LogP contribution in [0, 0.1) is 0 Å². The molecule has 0 bridgehead atoms. The van der Waals surface area contributed by atoms with Crippen LogP contribution in [0.3, 0.4) is 0 Å². The van der Waals surface area contributed by atoms with Gasteiger partial charge >= 0.3 is 17.9 Å². The summed E-state index contributed by atoms with van der Waals surface area (Å²) in [6.45, 7) is 6.61. The summed E-state index contributed by atoms with van der Waals surface area (Å²) in [7, 11) is 0. The number of carbonyl (C=O) groups is 3. The summed E-state index contributed by atoms with van der Waals surface area (Å²) in [5.74, 6) is -0.883. The molecule has 0 aliphatic heterocycles. The minimum Gasteiger partial charge on any atom is -0.462 e. The monoisotopic (exact) mass is 953 g/mol. The summed E-state index contributed by atoms with van der Waals surface area (Å²) in [6.07, 6.45) is 69.6. The van der Waals surface area contributed by atoms with Crippen LogP contribution in [0.5, 0.6) is 0 Å². The lowest BCUT2D eigenvalue weighted by molar-refractivity contribution is -0.167. The molecular weight excluding hydrogens is 841 g/mol. The van der Waals surface area contributed by atoms with Crippen LogP contribution < -0.4 is 0 Å². The second-order valence-corrected chi connectivity index (χ2v) is 19.9. The fourth-order valence-corrected chi connectivity index (χ4v) is 8.51. The summed E-state index contributed by atoms with van der Waals surface area (Å²) in [4.78, 5) is 38.1. The molecule has 0 heterocycles. The van der Waals surface area contributed by atoms with Gasteiger partial charge in [0, 0.05) is 19.3 Å². The molecule has 396 valence electrons. The third-order valence-electron chi connectivity index (χ3n) is 13.0. The average molecular weight is 954 g/mol. The lowest BCUT2D eigenvalue weighted by Crippen LogP contribution is -2.30. The molecule has 0 saturated heterocycles. The van der Waals surface area contributed by atoms with Crippen LogP contribution >= 0.6 is 0 Å². The van der Waals surface area contributed by atoms with Crippen molar-refractivity contribution < 1.29 is 28.6 Å². The van der Waals surface area contributed by atoms with Crippen LogP contribution in [0.1, 0.15) is 310 Å². The maximum absolute atomic E-state index is 12.9. The molecule has 6 heteroatoms. The van der Waals surface area contributed by atoms with Crippen LogP contribution in [0.25, 0.3) is 0 Å². The third kappa shape index (κ3) is 54.3. The van der Waals surface area contributed by atoms with Crippen molar-refractivity contribution in [2.75, 3.05) is 13.2 Å². The Labute approximate surface area is 422 Å². The highest BCUT2D eigenvalue weighted by atomic mass is 16.6. The molecule has 1 unspecified atom stereocenters. The van der Waals surface area contributed by atoms with E-state index in [1.807, 2.05) is 0 Å². The number of esters is 3. The molecule has 0 N–H and O–H groups in total. The molecule has 0 amide bonds. The standard InChI is InChI=1S/C62H112O6/c1-4-7-10-13-16-19-22-24-26-28-30-31-32-34-35-37-40-43-46-49-52-55-61(64)67-58-59(57-66-60(63)54-51-48-45-42-39-21-18-15-12-9-6-3)68-62(65)56-53-50-47-44-41-38-36-33-29-27-25-23-20-17-14-11-8-5-2/h15,18,22,24,27-30,59H,4-14,16-17,19-21,23,25-26,31-58H2,1-3H3/b18-15-,24-22-,29-27-,30-28-. The van der Waals surface area contributed by atoms with E-state index < -0.39 is 6.10 Å². The zero-order valence-electron chi connectivity index (χ0n) is 45.4. The van der Waals surface area contributed by atoms with Gasteiger partial charge in [0.1, 0.15) is 13.2 Å². The highest BCUT2D eigenvalue weighted by molar-refractivity contribution is 5.71. The van der Waals surface area contributed by atoms with E-state index in [1.54, 1.807) is 0 Å². The minimum atomic E-state index is -0.779. The molecule has 0 radical (unpaired) electrons. The number of ether oxygens (including phenoxy) is 3. The quantitative estimate of drug-likeness (QED) is 0.0262. The summed E-state index contributed by atoms with van der Waals surface area (Å²) < 4.78 is 16.9. The molecular formula is C62H112O6. The van der Waals surface area contributed by atoms with Gasteiger partial charge in [0.05, 0.1) is 0 Å². The van der Waals surface area contributed by atoms with Crippen molar-refractivity contribution in [1.29, 1.82) is 0 Å². The maximum Gasteiger partial charge on any atom is 0.306 e. The minimum absolute atomic E-state index is 0.0782.